The number of furan rings is 1. The minimum Gasteiger partial charge on any atom is -0.469 e. The Morgan fingerprint density at radius 1 is 1.22 bits per heavy atom. The zero-order chi connectivity index (χ0) is 16.7. The highest BCUT2D eigenvalue weighted by molar-refractivity contribution is 7.94. The van der Waals surface area contributed by atoms with Gasteiger partial charge in [-0.15, -0.1) is 5.73 Å². The number of rotatable bonds is 7. The SMILES string of the molecule is CCC(=C=CS(=O)(=O)c1ccccc1)CC(C)Cc1ccco1. The maximum Gasteiger partial charge on any atom is 0.207 e. The summed E-state index contributed by atoms with van der Waals surface area (Å²) in [7, 11) is -3.43. The zero-order valence-electron chi connectivity index (χ0n) is 13.5. The normalized spacial score (nSPS) is 12.4. The molecule has 122 valence electrons. The van der Waals surface area contributed by atoms with Crippen LogP contribution in [0.1, 0.15) is 32.4 Å². The van der Waals surface area contributed by atoms with Crippen LogP contribution in [-0.4, -0.2) is 8.42 Å². The fourth-order valence-corrected chi connectivity index (χ4v) is 3.40. The lowest BCUT2D eigenvalue weighted by molar-refractivity contribution is 0.453. The molecular weight excluding hydrogens is 308 g/mol. The monoisotopic (exact) mass is 330 g/mol. The van der Waals surface area contributed by atoms with Crippen LogP contribution in [0.5, 0.6) is 0 Å². The van der Waals surface area contributed by atoms with Gasteiger partial charge in [-0.2, -0.15) is 0 Å². The molecule has 1 unspecified atom stereocenters. The first-order valence-electron chi connectivity index (χ1n) is 7.78. The summed E-state index contributed by atoms with van der Waals surface area (Å²) < 4.78 is 29.9. The van der Waals surface area contributed by atoms with E-state index in [2.05, 4.69) is 12.7 Å². The number of benzene rings is 1. The van der Waals surface area contributed by atoms with Crippen LogP contribution in [0.25, 0.3) is 0 Å². The van der Waals surface area contributed by atoms with Crippen molar-refractivity contribution >= 4 is 9.84 Å². The van der Waals surface area contributed by atoms with Crippen LogP contribution in [0.4, 0.5) is 0 Å². The Morgan fingerprint density at radius 3 is 2.57 bits per heavy atom. The number of hydrogen-bond acceptors (Lipinski definition) is 3. The van der Waals surface area contributed by atoms with Gasteiger partial charge < -0.3 is 4.42 Å². The predicted octanol–water partition coefficient (Wildman–Crippen LogP) is 4.77. The molecule has 0 amide bonds. The minimum atomic E-state index is -3.43. The quantitative estimate of drug-likeness (QED) is 0.687. The summed E-state index contributed by atoms with van der Waals surface area (Å²) in [6.45, 7) is 4.15. The summed E-state index contributed by atoms with van der Waals surface area (Å²) in [5.41, 5.74) is 4.00. The molecule has 0 aliphatic rings. The van der Waals surface area contributed by atoms with Crippen LogP contribution in [0, 0.1) is 5.92 Å². The summed E-state index contributed by atoms with van der Waals surface area (Å²) in [5, 5.41) is 1.20. The van der Waals surface area contributed by atoms with Gasteiger partial charge in [0.05, 0.1) is 16.6 Å². The molecule has 4 heteroatoms. The largest absolute Gasteiger partial charge is 0.469 e. The summed E-state index contributed by atoms with van der Waals surface area (Å²) in [5.74, 6) is 1.32. The highest BCUT2D eigenvalue weighted by Crippen LogP contribution is 2.19. The van der Waals surface area contributed by atoms with E-state index in [1.165, 1.54) is 5.41 Å². The Labute approximate surface area is 138 Å². The van der Waals surface area contributed by atoms with E-state index in [0.29, 0.717) is 10.8 Å². The molecular formula is C19H22O3S. The molecule has 1 atom stereocenters. The summed E-state index contributed by atoms with van der Waals surface area (Å²) in [6.07, 6.45) is 4.09. The van der Waals surface area contributed by atoms with E-state index in [1.807, 2.05) is 19.1 Å². The van der Waals surface area contributed by atoms with Gasteiger partial charge in [-0.05, 0) is 48.6 Å². The van der Waals surface area contributed by atoms with E-state index < -0.39 is 9.84 Å². The maximum absolute atomic E-state index is 12.2. The van der Waals surface area contributed by atoms with Crippen molar-refractivity contribution in [3.8, 4) is 0 Å². The Bertz CT molecular complexity index is 765. The topological polar surface area (TPSA) is 47.3 Å². The molecule has 0 saturated heterocycles. The van der Waals surface area contributed by atoms with Crippen molar-refractivity contribution in [3.63, 3.8) is 0 Å². The zero-order valence-corrected chi connectivity index (χ0v) is 14.3. The molecule has 0 bridgehead atoms. The van der Waals surface area contributed by atoms with E-state index in [1.54, 1.807) is 36.6 Å². The molecule has 0 aliphatic carbocycles. The standard InChI is InChI=1S/C19H22O3S/c1-3-17(14-16(2)15-18-8-7-12-22-18)11-13-23(20,21)19-9-5-4-6-10-19/h4-10,12-13,16H,3,14-15H2,1-2H3. The van der Waals surface area contributed by atoms with Crippen molar-refractivity contribution in [3.05, 3.63) is 71.2 Å². The van der Waals surface area contributed by atoms with Gasteiger partial charge in [0.25, 0.3) is 0 Å². The Hall–Kier alpha value is -2.03. The van der Waals surface area contributed by atoms with E-state index >= 15 is 0 Å². The highest BCUT2D eigenvalue weighted by Gasteiger charge is 2.10. The molecule has 1 aromatic carbocycles. The molecule has 0 N–H and O–H groups in total. The molecule has 23 heavy (non-hydrogen) atoms. The average Bonchev–Trinajstić information content (AvgIpc) is 3.05. The van der Waals surface area contributed by atoms with Crippen LogP contribution in [0.3, 0.4) is 0 Å². The van der Waals surface area contributed by atoms with Crippen molar-refractivity contribution in [2.45, 2.75) is 38.0 Å². The predicted molar refractivity (Wildman–Crippen MR) is 91.7 cm³/mol. The summed E-state index contributed by atoms with van der Waals surface area (Å²) >= 11 is 0. The fourth-order valence-electron chi connectivity index (χ4n) is 2.41. The third kappa shape index (κ3) is 5.27. The molecule has 0 aliphatic heterocycles. The van der Waals surface area contributed by atoms with Gasteiger partial charge in [0, 0.05) is 6.42 Å². The molecule has 0 radical (unpaired) electrons. The second-order valence-electron chi connectivity index (χ2n) is 5.67. The maximum atomic E-state index is 12.2. The first-order valence-corrected chi connectivity index (χ1v) is 9.33. The number of allylic oxidation sites excluding steroid dienone is 1. The van der Waals surface area contributed by atoms with Crippen molar-refractivity contribution in [1.29, 1.82) is 0 Å². The fraction of sp³-hybridized carbons (Fsp3) is 0.316. The van der Waals surface area contributed by atoms with E-state index in [4.69, 9.17) is 4.42 Å². The lowest BCUT2D eigenvalue weighted by atomic mass is 9.96. The van der Waals surface area contributed by atoms with Crippen LogP contribution in [0.2, 0.25) is 0 Å². The van der Waals surface area contributed by atoms with Crippen molar-refractivity contribution < 1.29 is 12.8 Å². The molecule has 2 aromatic rings. The first-order chi connectivity index (χ1) is 11.0. The first kappa shape index (κ1) is 17.3. The molecule has 0 saturated carbocycles. The van der Waals surface area contributed by atoms with E-state index in [-0.39, 0.29) is 0 Å². The average molecular weight is 330 g/mol. The Morgan fingerprint density at radius 2 is 1.96 bits per heavy atom. The molecule has 1 heterocycles. The molecule has 2 rings (SSSR count). The van der Waals surface area contributed by atoms with Gasteiger partial charge in [-0.25, -0.2) is 8.42 Å². The lowest BCUT2D eigenvalue weighted by Gasteiger charge is -2.10. The van der Waals surface area contributed by atoms with Crippen LogP contribution < -0.4 is 0 Å². The van der Waals surface area contributed by atoms with Gasteiger partial charge in [-0.1, -0.05) is 32.0 Å². The third-order valence-corrected chi connectivity index (χ3v) is 5.00. The minimum absolute atomic E-state index is 0.298. The van der Waals surface area contributed by atoms with Gasteiger partial charge >= 0.3 is 0 Å². The van der Waals surface area contributed by atoms with Crippen molar-refractivity contribution in [2.24, 2.45) is 5.92 Å². The molecule has 0 fully saturated rings. The van der Waals surface area contributed by atoms with Gasteiger partial charge in [-0.3, -0.25) is 0 Å². The second-order valence-corrected chi connectivity index (χ2v) is 7.47. The van der Waals surface area contributed by atoms with Crippen LogP contribution in [0.15, 0.2) is 74.8 Å². The number of hydrogen-bond donors (Lipinski definition) is 0. The van der Waals surface area contributed by atoms with E-state index in [9.17, 15) is 8.42 Å². The van der Waals surface area contributed by atoms with Gasteiger partial charge in [0.15, 0.2) is 0 Å². The lowest BCUT2D eigenvalue weighted by Crippen LogP contribution is -2.00. The Balaban J connectivity index is 2.11. The number of sulfone groups is 1. The summed E-state index contributed by atoms with van der Waals surface area (Å²) in [4.78, 5) is 0.298. The van der Waals surface area contributed by atoms with Crippen LogP contribution in [-0.2, 0) is 16.3 Å². The second kappa shape index (κ2) is 8.00. The van der Waals surface area contributed by atoms with Crippen molar-refractivity contribution in [2.75, 3.05) is 0 Å². The Kier molecular flexibility index (Phi) is 6.03. The van der Waals surface area contributed by atoms with Crippen molar-refractivity contribution in [1.82, 2.24) is 0 Å². The molecule has 0 spiro atoms. The third-order valence-electron chi connectivity index (χ3n) is 3.64. The van der Waals surface area contributed by atoms with Gasteiger partial charge in [0.2, 0.25) is 9.84 Å². The molecule has 1 aromatic heterocycles. The smallest absolute Gasteiger partial charge is 0.207 e. The van der Waals surface area contributed by atoms with Gasteiger partial charge in [0.1, 0.15) is 5.76 Å². The van der Waals surface area contributed by atoms with E-state index in [0.717, 1.165) is 30.6 Å². The van der Waals surface area contributed by atoms with Crippen LogP contribution >= 0.6 is 0 Å². The summed E-state index contributed by atoms with van der Waals surface area (Å²) in [6, 6.07) is 12.3. The highest BCUT2D eigenvalue weighted by atomic mass is 32.2. The molecule has 3 nitrogen and oxygen atoms in total.